The van der Waals surface area contributed by atoms with Gasteiger partial charge in [-0.05, 0) is 35.7 Å². The highest BCUT2D eigenvalue weighted by atomic mass is 35.5. The van der Waals surface area contributed by atoms with E-state index in [0.29, 0.717) is 11.6 Å². The Balaban J connectivity index is 1.92. The molecule has 20 heavy (non-hydrogen) atoms. The molecule has 3 aromatic rings. The third-order valence-corrected chi connectivity index (χ3v) is 3.38. The molecule has 1 N–H and O–H groups in total. The molecule has 0 aliphatic heterocycles. The summed E-state index contributed by atoms with van der Waals surface area (Å²) in [6, 6.07) is 11.0. The smallest absolute Gasteiger partial charge is 0.337 e. The number of halogens is 1. The molecule has 0 fully saturated rings. The number of hydrogen-bond donors (Lipinski definition) is 1. The van der Waals surface area contributed by atoms with Crippen molar-refractivity contribution in [1.29, 1.82) is 0 Å². The van der Waals surface area contributed by atoms with Gasteiger partial charge < -0.3 is 9.67 Å². The van der Waals surface area contributed by atoms with Gasteiger partial charge in [-0.3, -0.25) is 4.98 Å². The predicted octanol–water partition coefficient (Wildman–Crippen LogP) is 3.44. The molecule has 0 aliphatic carbocycles. The quantitative estimate of drug-likeness (QED) is 0.802. The first-order valence-corrected chi connectivity index (χ1v) is 6.44. The van der Waals surface area contributed by atoms with Crippen LogP contribution in [0.25, 0.3) is 10.9 Å². The summed E-state index contributed by atoms with van der Waals surface area (Å²) in [5.41, 5.74) is 2.02. The molecule has 0 radical (unpaired) electrons. The van der Waals surface area contributed by atoms with Crippen molar-refractivity contribution in [2.24, 2.45) is 0 Å². The van der Waals surface area contributed by atoms with Gasteiger partial charge >= 0.3 is 5.97 Å². The van der Waals surface area contributed by atoms with Crippen LogP contribution in [0.1, 0.15) is 16.1 Å². The zero-order chi connectivity index (χ0) is 14.1. The van der Waals surface area contributed by atoms with Gasteiger partial charge in [-0.25, -0.2) is 4.79 Å². The minimum atomic E-state index is -0.970. The Labute approximate surface area is 120 Å². The topological polar surface area (TPSA) is 55.1 Å². The Morgan fingerprint density at radius 2 is 2.10 bits per heavy atom. The normalized spacial score (nSPS) is 10.8. The number of nitrogens with zero attached hydrogens (tertiary/aromatic N) is 2. The van der Waals surface area contributed by atoms with Gasteiger partial charge in [0.2, 0.25) is 0 Å². The Morgan fingerprint density at radius 3 is 2.80 bits per heavy atom. The number of aromatic nitrogens is 2. The molecule has 1 aromatic carbocycles. The van der Waals surface area contributed by atoms with Gasteiger partial charge in [0, 0.05) is 22.9 Å². The third kappa shape index (κ3) is 2.38. The summed E-state index contributed by atoms with van der Waals surface area (Å²) in [5, 5.41) is 10.6. The van der Waals surface area contributed by atoms with E-state index >= 15 is 0 Å². The van der Waals surface area contributed by atoms with E-state index in [4.69, 9.17) is 16.7 Å². The number of carbonyl (C=O) groups is 1. The average Bonchev–Trinajstić information content (AvgIpc) is 2.82. The summed E-state index contributed by atoms with van der Waals surface area (Å²) >= 11 is 6.01. The Hall–Kier alpha value is -2.33. The average molecular weight is 287 g/mol. The van der Waals surface area contributed by atoms with E-state index in [9.17, 15) is 4.79 Å². The molecule has 0 bridgehead atoms. The number of fused-ring (bicyclic) bond motifs is 1. The summed E-state index contributed by atoms with van der Waals surface area (Å²) in [4.78, 5) is 15.0. The molecular formula is C15H11ClN2O2. The van der Waals surface area contributed by atoms with E-state index in [1.165, 1.54) is 6.20 Å². The molecule has 100 valence electrons. The van der Waals surface area contributed by atoms with Gasteiger partial charge in [0.15, 0.2) is 0 Å². The molecule has 0 aliphatic rings. The van der Waals surface area contributed by atoms with Crippen LogP contribution in [0.5, 0.6) is 0 Å². The van der Waals surface area contributed by atoms with Crippen molar-refractivity contribution in [2.75, 3.05) is 0 Å². The second-order valence-corrected chi connectivity index (χ2v) is 4.93. The van der Waals surface area contributed by atoms with Crippen molar-refractivity contribution < 1.29 is 9.90 Å². The first-order chi connectivity index (χ1) is 9.63. The van der Waals surface area contributed by atoms with Crippen LogP contribution in [0, 0.1) is 0 Å². The number of benzene rings is 1. The van der Waals surface area contributed by atoms with Crippen LogP contribution >= 0.6 is 11.6 Å². The molecule has 4 nitrogen and oxygen atoms in total. The molecule has 5 heteroatoms. The maximum atomic E-state index is 10.8. The number of rotatable bonds is 3. The molecule has 0 amide bonds. The van der Waals surface area contributed by atoms with Crippen LogP contribution in [0.15, 0.2) is 48.8 Å². The zero-order valence-corrected chi connectivity index (χ0v) is 11.2. The number of hydrogen-bond acceptors (Lipinski definition) is 2. The first-order valence-electron chi connectivity index (χ1n) is 6.06. The van der Waals surface area contributed by atoms with Crippen molar-refractivity contribution >= 4 is 28.5 Å². The highest BCUT2D eigenvalue weighted by Gasteiger charge is 2.06. The maximum Gasteiger partial charge on any atom is 0.337 e. The van der Waals surface area contributed by atoms with Crippen molar-refractivity contribution in [3.63, 3.8) is 0 Å². The first kappa shape index (κ1) is 12.7. The van der Waals surface area contributed by atoms with Crippen LogP contribution in [0.3, 0.4) is 0 Å². The number of aromatic carboxylic acids is 1. The van der Waals surface area contributed by atoms with Crippen molar-refractivity contribution in [1.82, 2.24) is 9.55 Å². The van der Waals surface area contributed by atoms with Crippen molar-refractivity contribution in [2.45, 2.75) is 6.54 Å². The summed E-state index contributed by atoms with van der Waals surface area (Å²) in [7, 11) is 0. The minimum Gasteiger partial charge on any atom is -0.478 e. The summed E-state index contributed by atoms with van der Waals surface area (Å²) < 4.78 is 2.03. The summed E-state index contributed by atoms with van der Waals surface area (Å²) in [5.74, 6) is -0.970. The zero-order valence-electron chi connectivity index (χ0n) is 10.5. The van der Waals surface area contributed by atoms with E-state index in [1.54, 1.807) is 12.1 Å². The van der Waals surface area contributed by atoms with Gasteiger partial charge in [0.1, 0.15) is 0 Å². The van der Waals surface area contributed by atoms with Gasteiger partial charge in [-0.1, -0.05) is 17.7 Å². The Kier molecular flexibility index (Phi) is 3.16. The fraction of sp³-hybridized carbons (Fsp3) is 0.0667. The van der Waals surface area contributed by atoms with Gasteiger partial charge in [-0.2, -0.15) is 0 Å². The van der Waals surface area contributed by atoms with E-state index in [0.717, 1.165) is 16.6 Å². The Bertz CT molecular complexity index is 778. The highest BCUT2D eigenvalue weighted by molar-refractivity contribution is 6.31. The van der Waals surface area contributed by atoms with Crippen LogP contribution in [-0.2, 0) is 6.54 Å². The fourth-order valence-corrected chi connectivity index (χ4v) is 2.28. The van der Waals surface area contributed by atoms with Crippen molar-refractivity contribution in [3.8, 4) is 0 Å². The standard InChI is InChI=1S/C15H11ClN2O2/c16-12-3-1-10-5-6-18(14(10)7-12)9-13-4-2-11(8-17-13)15(19)20/h1-8H,9H2,(H,19,20). The van der Waals surface area contributed by atoms with E-state index < -0.39 is 5.97 Å². The predicted molar refractivity (Wildman–Crippen MR) is 77.2 cm³/mol. The molecule has 0 spiro atoms. The second kappa shape index (κ2) is 4.98. The lowest BCUT2D eigenvalue weighted by molar-refractivity contribution is 0.0696. The molecule has 0 saturated heterocycles. The monoisotopic (exact) mass is 286 g/mol. The largest absolute Gasteiger partial charge is 0.478 e. The van der Waals surface area contributed by atoms with Crippen LogP contribution in [0.2, 0.25) is 5.02 Å². The lowest BCUT2D eigenvalue weighted by atomic mass is 10.2. The molecule has 0 unspecified atom stereocenters. The van der Waals surface area contributed by atoms with Gasteiger partial charge in [0.05, 0.1) is 17.8 Å². The van der Waals surface area contributed by atoms with Crippen LogP contribution in [0.4, 0.5) is 0 Å². The van der Waals surface area contributed by atoms with E-state index in [1.807, 2.05) is 35.0 Å². The van der Waals surface area contributed by atoms with Crippen molar-refractivity contribution in [3.05, 3.63) is 65.1 Å². The van der Waals surface area contributed by atoms with Crippen LogP contribution < -0.4 is 0 Å². The van der Waals surface area contributed by atoms with E-state index in [-0.39, 0.29) is 5.56 Å². The van der Waals surface area contributed by atoms with E-state index in [2.05, 4.69) is 4.98 Å². The molecule has 0 saturated carbocycles. The summed E-state index contributed by atoms with van der Waals surface area (Å²) in [6.45, 7) is 0.573. The van der Waals surface area contributed by atoms with Crippen LogP contribution in [-0.4, -0.2) is 20.6 Å². The maximum absolute atomic E-state index is 10.8. The second-order valence-electron chi connectivity index (χ2n) is 4.49. The molecule has 3 rings (SSSR count). The Morgan fingerprint density at radius 1 is 1.25 bits per heavy atom. The molecular weight excluding hydrogens is 276 g/mol. The molecule has 2 aromatic heterocycles. The minimum absolute atomic E-state index is 0.189. The molecule has 2 heterocycles. The number of carboxylic acid groups (broad SMARTS) is 1. The van der Waals surface area contributed by atoms with Gasteiger partial charge in [-0.15, -0.1) is 0 Å². The number of carboxylic acids is 1. The third-order valence-electron chi connectivity index (χ3n) is 3.14. The number of pyridine rings is 1. The fourth-order valence-electron chi connectivity index (χ4n) is 2.11. The SMILES string of the molecule is O=C(O)c1ccc(Cn2ccc3ccc(Cl)cc32)nc1. The molecule has 0 atom stereocenters. The summed E-state index contributed by atoms with van der Waals surface area (Å²) in [6.07, 6.45) is 3.34. The van der Waals surface area contributed by atoms with Gasteiger partial charge in [0.25, 0.3) is 0 Å². The lowest BCUT2D eigenvalue weighted by Gasteiger charge is -2.05. The highest BCUT2D eigenvalue weighted by Crippen LogP contribution is 2.21. The lowest BCUT2D eigenvalue weighted by Crippen LogP contribution is -2.02.